The van der Waals surface area contributed by atoms with E-state index in [0.717, 1.165) is 23.8 Å². The first kappa shape index (κ1) is 12.4. The van der Waals surface area contributed by atoms with Gasteiger partial charge < -0.3 is 10.5 Å². The summed E-state index contributed by atoms with van der Waals surface area (Å²) < 4.78 is 7.36. The van der Waals surface area contributed by atoms with E-state index in [4.69, 9.17) is 10.5 Å². The lowest BCUT2D eigenvalue weighted by Crippen LogP contribution is -2.23. The third-order valence-corrected chi connectivity index (χ3v) is 3.67. The van der Waals surface area contributed by atoms with Crippen molar-refractivity contribution >= 4 is 0 Å². The summed E-state index contributed by atoms with van der Waals surface area (Å²) >= 11 is 0. The summed E-state index contributed by atoms with van der Waals surface area (Å²) in [6.45, 7) is 4.23. The Hall–Kier alpha value is -1.03. The van der Waals surface area contributed by atoms with Crippen LogP contribution in [0.2, 0.25) is 0 Å². The van der Waals surface area contributed by atoms with Gasteiger partial charge >= 0.3 is 0 Å². The molecule has 0 spiro atoms. The Morgan fingerprint density at radius 1 is 1.53 bits per heavy atom. The number of rotatable bonds is 5. The van der Waals surface area contributed by atoms with Crippen LogP contribution in [0.3, 0.4) is 0 Å². The monoisotopic (exact) mass is 237 g/mol. The molecule has 96 valence electrons. The fourth-order valence-electron chi connectivity index (χ4n) is 2.48. The van der Waals surface area contributed by atoms with E-state index >= 15 is 0 Å². The predicted molar refractivity (Wildman–Crippen MR) is 68.1 cm³/mol. The highest BCUT2D eigenvalue weighted by Gasteiger charge is 2.26. The Labute approximate surface area is 103 Å². The van der Waals surface area contributed by atoms with Crippen molar-refractivity contribution in [3.8, 4) is 5.75 Å². The van der Waals surface area contributed by atoms with Crippen molar-refractivity contribution in [1.82, 2.24) is 9.78 Å². The quantitative estimate of drug-likeness (QED) is 0.856. The molecule has 0 bridgehead atoms. The van der Waals surface area contributed by atoms with Crippen LogP contribution in [0.25, 0.3) is 0 Å². The molecule has 1 heterocycles. The normalized spacial score (nSPS) is 18.2. The molecule has 0 saturated heterocycles. The number of hydrogen-bond acceptors (Lipinski definition) is 3. The lowest BCUT2D eigenvalue weighted by atomic mass is 9.80. The van der Waals surface area contributed by atoms with Gasteiger partial charge in [-0.2, -0.15) is 5.10 Å². The molecule has 17 heavy (non-hydrogen) atoms. The maximum Gasteiger partial charge on any atom is 0.161 e. The maximum atomic E-state index is 6.32. The van der Waals surface area contributed by atoms with E-state index in [-0.39, 0.29) is 6.04 Å². The zero-order valence-electron chi connectivity index (χ0n) is 11.0. The molecular formula is C13H23N3O. The number of ether oxygens (including phenoxy) is 1. The molecule has 1 aromatic rings. The summed E-state index contributed by atoms with van der Waals surface area (Å²) in [6.07, 6.45) is 6.83. The van der Waals surface area contributed by atoms with Crippen LogP contribution in [0.15, 0.2) is 6.20 Å². The first-order valence-electron chi connectivity index (χ1n) is 6.50. The Bertz CT molecular complexity index is 369. The molecule has 0 radical (unpaired) electrons. The van der Waals surface area contributed by atoms with Crippen LogP contribution in [-0.2, 0) is 0 Å². The number of nitrogens with two attached hydrogens (primary N) is 1. The van der Waals surface area contributed by atoms with Gasteiger partial charge in [-0.25, -0.2) is 0 Å². The van der Waals surface area contributed by atoms with Gasteiger partial charge in [-0.3, -0.25) is 4.68 Å². The second-order valence-electron chi connectivity index (χ2n) is 5.28. The van der Waals surface area contributed by atoms with E-state index in [1.54, 1.807) is 13.3 Å². The Morgan fingerprint density at radius 3 is 2.71 bits per heavy atom. The summed E-state index contributed by atoms with van der Waals surface area (Å²) in [6, 6.07) is 0.362. The minimum atomic E-state index is 0.0418. The Balaban J connectivity index is 2.17. The van der Waals surface area contributed by atoms with Gasteiger partial charge in [-0.15, -0.1) is 0 Å². The first-order chi connectivity index (χ1) is 8.13. The van der Waals surface area contributed by atoms with Crippen molar-refractivity contribution < 1.29 is 4.74 Å². The molecule has 1 unspecified atom stereocenters. The molecule has 1 aliphatic carbocycles. The molecular weight excluding hydrogens is 214 g/mol. The summed E-state index contributed by atoms with van der Waals surface area (Å²) in [7, 11) is 1.68. The Kier molecular flexibility index (Phi) is 3.72. The zero-order chi connectivity index (χ0) is 12.4. The van der Waals surface area contributed by atoms with Crippen LogP contribution in [0.1, 0.15) is 57.3 Å². The van der Waals surface area contributed by atoms with Crippen molar-refractivity contribution in [2.24, 2.45) is 11.7 Å². The number of nitrogens with zero attached hydrogens (tertiary/aromatic N) is 2. The fourth-order valence-corrected chi connectivity index (χ4v) is 2.48. The molecule has 4 heteroatoms. The molecule has 1 aliphatic rings. The van der Waals surface area contributed by atoms with Crippen molar-refractivity contribution in [3.05, 3.63) is 11.9 Å². The maximum absolute atomic E-state index is 6.32. The second-order valence-corrected chi connectivity index (χ2v) is 5.28. The van der Waals surface area contributed by atoms with Crippen molar-refractivity contribution in [3.63, 3.8) is 0 Å². The zero-order valence-corrected chi connectivity index (χ0v) is 11.0. The third-order valence-electron chi connectivity index (χ3n) is 3.67. The molecule has 0 aromatic carbocycles. The average Bonchev–Trinajstić information content (AvgIpc) is 2.66. The van der Waals surface area contributed by atoms with E-state index < -0.39 is 0 Å². The van der Waals surface area contributed by atoms with Gasteiger partial charge in [0.15, 0.2) is 5.75 Å². The van der Waals surface area contributed by atoms with E-state index in [1.165, 1.54) is 19.3 Å². The minimum Gasteiger partial charge on any atom is -0.493 e. The van der Waals surface area contributed by atoms with Gasteiger partial charge in [-0.1, -0.05) is 19.3 Å². The molecule has 2 rings (SSSR count). The van der Waals surface area contributed by atoms with Gasteiger partial charge in [-0.05, 0) is 26.2 Å². The van der Waals surface area contributed by atoms with E-state index in [1.807, 2.05) is 4.68 Å². The van der Waals surface area contributed by atoms with Gasteiger partial charge in [0.2, 0.25) is 0 Å². The predicted octanol–water partition coefficient (Wildman–Crippen LogP) is 2.66. The summed E-state index contributed by atoms with van der Waals surface area (Å²) in [5.41, 5.74) is 7.37. The number of aromatic nitrogens is 2. The number of methoxy groups -OCH3 is 1. The fraction of sp³-hybridized carbons (Fsp3) is 0.769. The van der Waals surface area contributed by atoms with Gasteiger partial charge in [0, 0.05) is 6.04 Å². The van der Waals surface area contributed by atoms with Crippen LogP contribution >= 0.6 is 0 Å². The molecule has 4 nitrogen and oxygen atoms in total. The second kappa shape index (κ2) is 5.08. The molecule has 2 N–H and O–H groups in total. The smallest absolute Gasteiger partial charge is 0.161 e. The lowest BCUT2D eigenvalue weighted by molar-refractivity contribution is 0.269. The highest BCUT2D eigenvalue weighted by atomic mass is 16.5. The molecule has 1 saturated carbocycles. The summed E-state index contributed by atoms with van der Waals surface area (Å²) in [4.78, 5) is 0. The van der Waals surface area contributed by atoms with Gasteiger partial charge in [0.1, 0.15) is 0 Å². The van der Waals surface area contributed by atoms with Crippen LogP contribution in [0.4, 0.5) is 0 Å². The first-order valence-corrected chi connectivity index (χ1v) is 6.50. The van der Waals surface area contributed by atoms with Crippen molar-refractivity contribution in [2.45, 2.75) is 51.6 Å². The van der Waals surface area contributed by atoms with E-state index in [9.17, 15) is 0 Å². The molecule has 1 aromatic heterocycles. The molecule has 0 amide bonds. The Morgan fingerprint density at radius 2 is 2.24 bits per heavy atom. The van der Waals surface area contributed by atoms with E-state index in [2.05, 4.69) is 18.9 Å². The molecule has 1 fully saturated rings. The van der Waals surface area contributed by atoms with Crippen LogP contribution in [0, 0.1) is 5.92 Å². The summed E-state index contributed by atoms with van der Waals surface area (Å²) in [5.74, 6) is 1.62. The standard InChI is InChI=1S/C13H23N3O/c1-9(2)16-13(12(17-3)8-15-16)11(14)7-10-5-4-6-10/h8-11H,4-7,14H2,1-3H3. The molecule has 0 aliphatic heterocycles. The lowest BCUT2D eigenvalue weighted by Gasteiger charge is -2.28. The summed E-state index contributed by atoms with van der Waals surface area (Å²) in [5, 5.41) is 4.37. The van der Waals surface area contributed by atoms with E-state index in [0.29, 0.717) is 6.04 Å². The van der Waals surface area contributed by atoms with Crippen molar-refractivity contribution in [2.75, 3.05) is 7.11 Å². The number of hydrogen-bond donors (Lipinski definition) is 1. The SMILES string of the molecule is COc1cnn(C(C)C)c1C(N)CC1CCC1. The largest absolute Gasteiger partial charge is 0.493 e. The van der Waals surface area contributed by atoms with Crippen molar-refractivity contribution in [1.29, 1.82) is 0 Å². The minimum absolute atomic E-state index is 0.0418. The van der Waals surface area contributed by atoms with Gasteiger partial charge in [0.25, 0.3) is 0 Å². The highest BCUT2D eigenvalue weighted by molar-refractivity contribution is 5.28. The highest BCUT2D eigenvalue weighted by Crippen LogP contribution is 2.36. The van der Waals surface area contributed by atoms with Crippen LogP contribution in [-0.4, -0.2) is 16.9 Å². The van der Waals surface area contributed by atoms with Crippen LogP contribution in [0.5, 0.6) is 5.75 Å². The average molecular weight is 237 g/mol. The van der Waals surface area contributed by atoms with Gasteiger partial charge in [0.05, 0.1) is 25.0 Å². The van der Waals surface area contributed by atoms with Crippen LogP contribution < -0.4 is 10.5 Å². The topological polar surface area (TPSA) is 53.1 Å². The molecule has 1 atom stereocenters. The third kappa shape index (κ3) is 2.46.